The molecule has 0 aliphatic rings. The van der Waals surface area contributed by atoms with Gasteiger partial charge < -0.3 is 0 Å². The Bertz CT molecular complexity index is 938. The highest BCUT2D eigenvalue weighted by Crippen LogP contribution is 2.24. The monoisotopic (exact) mass is 319 g/mol. The molecule has 0 N–H and O–H groups in total. The highest BCUT2D eigenvalue weighted by Gasteiger charge is 2.15. The van der Waals surface area contributed by atoms with Crippen molar-refractivity contribution in [3.05, 3.63) is 75.5 Å². The lowest BCUT2D eigenvalue weighted by molar-refractivity contribution is -0.384. The first kappa shape index (κ1) is 15.4. The Balaban J connectivity index is 1.99. The number of aromatic nitrogens is 3. The first-order valence-electron chi connectivity index (χ1n) is 7.22. The van der Waals surface area contributed by atoms with E-state index in [4.69, 9.17) is 0 Å². The van der Waals surface area contributed by atoms with Crippen LogP contribution in [-0.4, -0.2) is 19.9 Å². The summed E-state index contributed by atoms with van der Waals surface area (Å²) in [5, 5.41) is 28.0. The topological polar surface area (TPSA) is 97.6 Å². The Hall–Kier alpha value is -3.53. The third kappa shape index (κ3) is 2.98. The molecule has 24 heavy (non-hydrogen) atoms. The molecule has 2 aromatic carbocycles. The van der Waals surface area contributed by atoms with Crippen LogP contribution in [0.3, 0.4) is 0 Å². The lowest BCUT2D eigenvalue weighted by Crippen LogP contribution is -2.04. The third-order valence-corrected chi connectivity index (χ3v) is 3.61. The Morgan fingerprint density at radius 1 is 1.25 bits per heavy atom. The van der Waals surface area contributed by atoms with Crippen LogP contribution in [0.15, 0.2) is 48.5 Å². The van der Waals surface area contributed by atoms with Crippen molar-refractivity contribution in [2.24, 2.45) is 0 Å². The van der Waals surface area contributed by atoms with Crippen molar-refractivity contribution in [2.45, 2.75) is 13.5 Å². The van der Waals surface area contributed by atoms with E-state index in [1.54, 1.807) is 16.8 Å². The lowest BCUT2D eigenvalue weighted by Gasteiger charge is -2.07. The molecule has 0 bridgehead atoms. The molecule has 0 saturated carbocycles. The predicted molar refractivity (Wildman–Crippen MR) is 87.1 cm³/mol. The number of rotatable bonds is 4. The summed E-state index contributed by atoms with van der Waals surface area (Å²) < 4.78 is 1.63. The molecule has 0 aliphatic carbocycles. The van der Waals surface area contributed by atoms with Gasteiger partial charge in [-0.05, 0) is 18.6 Å². The van der Waals surface area contributed by atoms with Crippen LogP contribution in [0, 0.1) is 28.4 Å². The molecule has 1 heterocycles. The summed E-state index contributed by atoms with van der Waals surface area (Å²) in [7, 11) is 0. The van der Waals surface area contributed by atoms with Gasteiger partial charge in [0.2, 0.25) is 0 Å². The number of nitro groups is 1. The largest absolute Gasteiger partial charge is 0.269 e. The normalized spacial score (nSPS) is 10.3. The number of nitriles is 1. The molecule has 7 heteroatoms. The standard InChI is InChI=1S/C17H13N5O2/c1-12-3-2-4-14(9-12)17-16(10-18)19-20-21(17)11-13-5-7-15(8-6-13)22(23)24/h2-9H,11H2,1H3. The van der Waals surface area contributed by atoms with Crippen molar-refractivity contribution in [3.8, 4) is 17.3 Å². The summed E-state index contributed by atoms with van der Waals surface area (Å²) in [5.74, 6) is 0. The third-order valence-electron chi connectivity index (χ3n) is 3.61. The van der Waals surface area contributed by atoms with E-state index in [9.17, 15) is 15.4 Å². The molecule has 0 unspecified atom stereocenters. The van der Waals surface area contributed by atoms with Crippen molar-refractivity contribution in [1.82, 2.24) is 15.0 Å². The van der Waals surface area contributed by atoms with Gasteiger partial charge in [-0.1, -0.05) is 41.1 Å². The Labute approximate surface area is 137 Å². The molecule has 118 valence electrons. The summed E-state index contributed by atoms with van der Waals surface area (Å²) in [6.07, 6.45) is 0. The lowest BCUT2D eigenvalue weighted by atomic mass is 10.1. The molecule has 0 aliphatic heterocycles. The molecule has 0 amide bonds. The van der Waals surface area contributed by atoms with E-state index in [1.807, 2.05) is 31.2 Å². The summed E-state index contributed by atoms with van der Waals surface area (Å²) in [6.45, 7) is 2.34. The van der Waals surface area contributed by atoms with Gasteiger partial charge in [-0.15, -0.1) is 5.10 Å². The maximum absolute atomic E-state index is 10.7. The number of nitro benzene ring substituents is 1. The van der Waals surface area contributed by atoms with Gasteiger partial charge in [0.25, 0.3) is 5.69 Å². The van der Waals surface area contributed by atoms with Gasteiger partial charge >= 0.3 is 0 Å². The van der Waals surface area contributed by atoms with Crippen molar-refractivity contribution in [2.75, 3.05) is 0 Å². The second kappa shape index (κ2) is 6.30. The maximum Gasteiger partial charge on any atom is 0.269 e. The highest BCUT2D eigenvalue weighted by molar-refractivity contribution is 5.65. The number of non-ortho nitro benzene ring substituents is 1. The average Bonchev–Trinajstić information content (AvgIpc) is 2.98. The van der Waals surface area contributed by atoms with E-state index in [2.05, 4.69) is 16.4 Å². The fourth-order valence-corrected chi connectivity index (χ4v) is 2.47. The van der Waals surface area contributed by atoms with Gasteiger partial charge in [0, 0.05) is 17.7 Å². The summed E-state index contributed by atoms with van der Waals surface area (Å²) >= 11 is 0. The van der Waals surface area contributed by atoms with Crippen LogP contribution in [0.25, 0.3) is 11.3 Å². The van der Waals surface area contributed by atoms with Crippen LogP contribution in [0.5, 0.6) is 0 Å². The first-order valence-corrected chi connectivity index (χ1v) is 7.22. The van der Waals surface area contributed by atoms with Crippen LogP contribution < -0.4 is 0 Å². The van der Waals surface area contributed by atoms with Crippen LogP contribution in [-0.2, 0) is 6.54 Å². The molecule has 0 spiro atoms. The van der Waals surface area contributed by atoms with Crippen molar-refractivity contribution in [3.63, 3.8) is 0 Å². The summed E-state index contributed by atoms with van der Waals surface area (Å²) in [4.78, 5) is 10.3. The fraction of sp³-hybridized carbons (Fsp3) is 0.118. The van der Waals surface area contributed by atoms with Crippen LogP contribution >= 0.6 is 0 Å². The zero-order chi connectivity index (χ0) is 17.1. The molecule has 0 fully saturated rings. The highest BCUT2D eigenvalue weighted by atomic mass is 16.6. The zero-order valence-electron chi connectivity index (χ0n) is 12.9. The molecule has 3 aromatic rings. The van der Waals surface area contributed by atoms with Crippen LogP contribution in [0.1, 0.15) is 16.8 Å². The molecule has 0 atom stereocenters. The number of hydrogen-bond acceptors (Lipinski definition) is 5. The molecule has 0 radical (unpaired) electrons. The maximum atomic E-state index is 10.7. The molecular weight excluding hydrogens is 306 g/mol. The zero-order valence-corrected chi connectivity index (χ0v) is 12.9. The van der Waals surface area contributed by atoms with E-state index in [-0.39, 0.29) is 11.4 Å². The van der Waals surface area contributed by atoms with E-state index in [0.29, 0.717) is 12.2 Å². The van der Waals surface area contributed by atoms with Gasteiger partial charge in [-0.3, -0.25) is 10.1 Å². The minimum atomic E-state index is -0.439. The minimum absolute atomic E-state index is 0.0361. The van der Waals surface area contributed by atoms with Crippen LogP contribution in [0.4, 0.5) is 5.69 Å². The van der Waals surface area contributed by atoms with Gasteiger partial charge in [0.1, 0.15) is 11.8 Å². The number of aryl methyl sites for hydroxylation is 1. The minimum Gasteiger partial charge on any atom is -0.258 e. The quantitative estimate of drug-likeness (QED) is 0.543. The van der Waals surface area contributed by atoms with Gasteiger partial charge in [-0.2, -0.15) is 5.26 Å². The number of hydrogen-bond donors (Lipinski definition) is 0. The Kier molecular flexibility index (Phi) is 4.03. The van der Waals surface area contributed by atoms with E-state index < -0.39 is 4.92 Å². The van der Waals surface area contributed by atoms with Gasteiger partial charge in [0.15, 0.2) is 5.69 Å². The second-order valence-electron chi connectivity index (χ2n) is 5.35. The van der Waals surface area contributed by atoms with Crippen molar-refractivity contribution in [1.29, 1.82) is 5.26 Å². The smallest absolute Gasteiger partial charge is 0.258 e. The van der Waals surface area contributed by atoms with Gasteiger partial charge in [-0.25, -0.2) is 4.68 Å². The van der Waals surface area contributed by atoms with E-state index >= 15 is 0 Å². The number of nitrogens with zero attached hydrogens (tertiary/aromatic N) is 5. The van der Waals surface area contributed by atoms with E-state index in [1.165, 1.54) is 12.1 Å². The van der Waals surface area contributed by atoms with E-state index in [0.717, 1.165) is 16.7 Å². The Morgan fingerprint density at radius 2 is 2.00 bits per heavy atom. The first-order chi connectivity index (χ1) is 11.6. The van der Waals surface area contributed by atoms with Crippen LogP contribution in [0.2, 0.25) is 0 Å². The Morgan fingerprint density at radius 3 is 2.62 bits per heavy atom. The molecular formula is C17H13N5O2. The molecule has 1 aromatic heterocycles. The second-order valence-corrected chi connectivity index (χ2v) is 5.35. The molecule has 0 saturated heterocycles. The van der Waals surface area contributed by atoms with Gasteiger partial charge in [0.05, 0.1) is 11.5 Å². The summed E-state index contributed by atoms with van der Waals surface area (Å²) in [5.41, 5.74) is 3.69. The molecule has 3 rings (SSSR count). The average molecular weight is 319 g/mol. The predicted octanol–water partition coefficient (Wildman–Crippen LogP) is 3.08. The number of benzene rings is 2. The SMILES string of the molecule is Cc1cccc(-c2c(C#N)nnn2Cc2ccc([N+](=O)[O-])cc2)c1. The fourth-order valence-electron chi connectivity index (χ4n) is 2.47. The van der Waals surface area contributed by atoms with Crippen molar-refractivity contribution >= 4 is 5.69 Å². The molecule has 7 nitrogen and oxygen atoms in total. The van der Waals surface area contributed by atoms with Crippen molar-refractivity contribution < 1.29 is 4.92 Å². The summed E-state index contributed by atoms with van der Waals surface area (Å²) in [6, 6.07) is 16.1.